The molecular formula is C13H19N5. The molecule has 96 valence electrons. The molecule has 0 spiro atoms. The third-order valence-electron chi connectivity index (χ3n) is 2.71. The van der Waals surface area contributed by atoms with Crippen molar-refractivity contribution in [2.75, 3.05) is 11.9 Å². The topological polar surface area (TPSA) is 55.6 Å². The molecule has 2 rings (SSSR count). The lowest BCUT2D eigenvalue weighted by molar-refractivity contribution is 0.854. The highest BCUT2D eigenvalue weighted by molar-refractivity contribution is 5.51. The quantitative estimate of drug-likeness (QED) is 0.849. The number of nitrogens with zero attached hydrogens (tertiary/aromatic N) is 4. The lowest BCUT2D eigenvalue weighted by Crippen LogP contribution is -2.10. The molecule has 0 bridgehead atoms. The van der Waals surface area contributed by atoms with Crippen LogP contribution in [0, 0.1) is 0 Å². The van der Waals surface area contributed by atoms with Crippen molar-refractivity contribution in [3.05, 3.63) is 30.6 Å². The van der Waals surface area contributed by atoms with Gasteiger partial charge >= 0.3 is 0 Å². The molecule has 0 aromatic carbocycles. The van der Waals surface area contributed by atoms with Gasteiger partial charge in [-0.1, -0.05) is 20.3 Å². The molecule has 0 unspecified atom stereocenters. The molecule has 0 fully saturated rings. The van der Waals surface area contributed by atoms with Crippen LogP contribution in [0.2, 0.25) is 0 Å². The lowest BCUT2D eigenvalue weighted by Gasteiger charge is -2.13. The summed E-state index contributed by atoms with van der Waals surface area (Å²) in [4.78, 5) is 12.8. The van der Waals surface area contributed by atoms with Crippen LogP contribution in [-0.2, 0) is 6.42 Å². The van der Waals surface area contributed by atoms with E-state index >= 15 is 0 Å². The van der Waals surface area contributed by atoms with Gasteiger partial charge in [0.05, 0.1) is 0 Å². The first-order valence-electron chi connectivity index (χ1n) is 6.42. The maximum absolute atomic E-state index is 4.38. The second-order valence-electron chi connectivity index (χ2n) is 4.17. The molecule has 2 aromatic rings. The zero-order chi connectivity index (χ0) is 12.8. The predicted molar refractivity (Wildman–Crippen MR) is 71.9 cm³/mol. The summed E-state index contributed by atoms with van der Waals surface area (Å²) in [6.07, 6.45) is 10.1. The third kappa shape index (κ3) is 2.67. The fourth-order valence-corrected chi connectivity index (χ4v) is 1.89. The van der Waals surface area contributed by atoms with E-state index in [0.29, 0.717) is 0 Å². The first-order chi connectivity index (χ1) is 8.86. The van der Waals surface area contributed by atoms with E-state index in [-0.39, 0.29) is 0 Å². The number of hydrogen-bond acceptors (Lipinski definition) is 4. The summed E-state index contributed by atoms with van der Waals surface area (Å²) in [5.41, 5.74) is 1.16. The number of imidazole rings is 1. The van der Waals surface area contributed by atoms with Crippen molar-refractivity contribution in [1.29, 1.82) is 0 Å². The molecule has 5 heteroatoms. The molecule has 1 N–H and O–H groups in total. The summed E-state index contributed by atoms with van der Waals surface area (Å²) in [6, 6.07) is 0. The Morgan fingerprint density at radius 1 is 1.22 bits per heavy atom. The van der Waals surface area contributed by atoms with Crippen LogP contribution in [0.4, 0.5) is 5.82 Å². The van der Waals surface area contributed by atoms with Gasteiger partial charge in [0.15, 0.2) is 0 Å². The van der Waals surface area contributed by atoms with Gasteiger partial charge in [-0.05, 0) is 12.8 Å². The van der Waals surface area contributed by atoms with Gasteiger partial charge in [0.2, 0.25) is 0 Å². The van der Waals surface area contributed by atoms with Crippen LogP contribution in [0.1, 0.15) is 32.3 Å². The Bertz CT molecular complexity index is 478. The SMILES string of the molecule is CCCNc1ncnc(-n2ccnc2)c1CCC. The van der Waals surface area contributed by atoms with Crippen molar-refractivity contribution in [1.82, 2.24) is 19.5 Å². The van der Waals surface area contributed by atoms with E-state index in [1.54, 1.807) is 18.9 Å². The summed E-state index contributed by atoms with van der Waals surface area (Å²) >= 11 is 0. The Kier molecular flexibility index (Phi) is 4.28. The number of aromatic nitrogens is 4. The van der Waals surface area contributed by atoms with Crippen LogP contribution >= 0.6 is 0 Å². The van der Waals surface area contributed by atoms with Crippen molar-refractivity contribution in [3.63, 3.8) is 0 Å². The van der Waals surface area contributed by atoms with Crippen LogP contribution in [0.15, 0.2) is 25.0 Å². The highest BCUT2D eigenvalue weighted by Crippen LogP contribution is 2.20. The molecule has 0 saturated heterocycles. The van der Waals surface area contributed by atoms with E-state index in [9.17, 15) is 0 Å². The van der Waals surface area contributed by atoms with Gasteiger partial charge in [-0.3, -0.25) is 4.57 Å². The predicted octanol–water partition coefficient (Wildman–Crippen LogP) is 2.44. The zero-order valence-electron chi connectivity index (χ0n) is 10.9. The smallest absolute Gasteiger partial charge is 0.146 e. The maximum atomic E-state index is 4.38. The monoisotopic (exact) mass is 245 g/mol. The van der Waals surface area contributed by atoms with Crippen LogP contribution in [0.3, 0.4) is 0 Å². The molecule has 0 aliphatic heterocycles. The van der Waals surface area contributed by atoms with Crippen LogP contribution in [0.25, 0.3) is 5.82 Å². The Labute approximate surface area is 107 Å². The number of hydrogen-bond donors (Lipinski definition) is 1. The van der Waals surface area contributed by atoms with E-state index in [2.05, 4.69) is 34.1 Å². The Morgan fingerprint density at radius 2 is 2.11 bits per heavy atom. The summed E-state index contributed by atoms with van der Waals surface area (Å²) in [5, 5.41) is 3.37. The van der Waals surface area contributed by atoms with E-state index in [1.165, 1.54) is 0 Å². The summed E-state index contributed by atoms with van der Waals surface area (Å²) in [7, 11) is 0. The number of rotatable bonds is 6. The van der Waals surface area contributed by atoms with E-state index in [0.717, 1.165) is 43.0 Å². The van der Waals surface area contributed by atoms with Crippen LogP contribution in [0.5, 0.6) is 0 Å². The summed E-state index contributed by atoms with van der Waals surface area (Å²) < 4.78 is 1.93. The van der Waals surface area contributed by atoms with Crippen molar-refractivity contribution in [2.45, 2.75) is 33.1 Å². The molecule has 5 nitrogen and oxygen atoms in total. The molecule has 18 heavy (non-hydrogen) atoms. The lowest BCUT2D eigenvalue weighted by atomic mass is 10.1. The second-order valence-corrected chi connectivity index (χ2v) is 4.17. The second kappa shape index (κ2) is 6.14. The molecular weight excluding hydrogens is 226 g/mol. The number of nitrogens with one attached hydrogen (secondary N) is 1. The standard InChI is InChI=1S/C13H19N5/c1-3-5-11-12(15-6-4-2)16-9-17-13(11)18-8-7-14-10-18/h7-10H,3-6H2,1-2H3,(H,15,16,17). The van der Waals surface area contributed by atoms with Crippen molar-refractivity contribution in [3.8, 4) is 5.82 Å². The molecule has 0 saturated carbocycles. The zero-order valence-corrected chi connectivity index (χ0v) is 10.9. The first-order valence-corrected chi connectivity index (χ1v) is 6.42. The van der Waals surface area contributed by atoms with E-state index < -0.39 is 0 Å². The summed E-state index contributed by atoms with van der Waals surface area (Å²) in [6.45, 7) is 5.23. The van der Waals surface area contributed by atoms with Crippen LogP contribution < -0.4 is 5.32 Å². The first kappa shape index (κ1) is 12.5. The maximum Gasteiger partial charge on any atom is 0.146 e. The average Bonchev–Trinajstić information content (AvgIpc) is 2.91. The Morgan fingerprint density at radius 3 is 2.78 bits per heavy atom. The van der Waals surface area contributed by atoms with Gasteiger partial charge in [-0.2, -0.15) is 0 Å². The normalized spacial score (nSPS) is 10.6. The largest absolute Gasteiger partial charge is 0.370 e. The van der Waals surface area contributed by atoms with Crippen molar-refractivity contribution in [2.24, 2.45) is 0 Å². The number of anilines is 1. The molecule has 0 atom stereocenters. The Balaban J connectivity index is 2.39. The van der Waals surface area contributed by atoms with Crippen LogP contribution in [-0.4, -0.2) is 26.1 Å². The third-order valence-corrected chi connectivity index (χ3v) is 2.71. The van der Waals surface area contributed by atoms with E-state index in [4.69, 9.17) is 0 Å². The Hall–Kier alpha value is -1.91. The molecule has 0 aliphatic rings. The molecule has 2 aromatic heterocycles. The summed E-state index contributed by atoms with van der Waals surface area (Å²) in [5.74, 6) is 1.86. The van der Waals surface area contributed by atoms with Crippen molar-refractivity contribution >= 4 is 5.82 Å². The highest BCUT2D eigenvalue weighted by atomic mass is 15.1. The van der Waals surface area contributed by atoms with Gasteiger partial charge in [0.1, 0.15) is 24.3 Å². The average molecular weight is 245 g/mol. The van der Waals surface area contributed by atoms with E-state index in [1.807, 2.05) is 10.8 Å². The minimum absolute atomic E-state index is 0.919. The van der Waals surface area contributed by atoms with Crippen molar-refractivity contribution < 1.29 is 0 Å². The highest BCUT2D eigenvalue weighted by Gasteiger charge is 2.11. The molecule has 2 heterocycles. The minimum atomic E-state index is 0.919. The van der Waals surface area contributed by atoms with Gasteiger partial charge in [-0.15, -0.1) is 0 Å². The van der Waals surface area contributed by atoms with Gasteiger partial charge in [-0.25, -0.2) is 15.0 Å². The molecule has 0 radical (unpaired) electrons. The van der Waals surface area contributed by atoms with Gasteiger partial charge in [0.25, 0.3) is 0 Å². The molecule has 0 amide bonds. The minimum Gasteiger partial charge on any atom is -0.370 e. The fraction of sp³-hybridized carbons (Fsp3) is 0.462. The fourth-order valence-electron chi connectivity index (χ4n) is 1.89. The van der Waals surface area contributed by atoms with Gasteiger partial charge < -0.3 is 5.32 Å². The van der Waals surface area contributed by atoms with Gasteiger partial charge in [0, 0.05) is 24.5 Å². The molecule has 0 aliphatic carbocycles.